The summed E-state index contributed by atoms with van der Waals surface area (Å²) in [4.78, 5) is 39.4. The van der Waals surface area contributed by atoms with E-state index in [4.69, 9.17) is 28.9 Å². The highest BCUT2D eigenvalue weighted by molar-refractivity contribution is 7.59. The highest BCUT2D eigenvalue weighted by atomic mass is 32.1. The van der Waals surface area contributed by atoms with E-state index in [1.807, 2.05) is 42.5 Å². The number of benzene rings is 5. The first-order valence-electron chi connectivity index (χ1n) is 21.4. The summed E-state index contributed by atoms with van der Waals surface area (Å²) in [5.41, 5.74) is 8.62. The molecule has 0 saturated heterocycles. The molecule has 3 heterocycles. The SMILES string of the molecule is CCC1COc2cc(C(=O)OC)ccc2CN1c1ccccc1.CC[C@H]1COc2cc(C(=O)NO)ccc2CN1c1ccccc1.CC[C@H]1COc2cc(C(=O)OC)ccc2CN1.S.S.S. The second-order valence-electron chi connectivity index (χ2n) is 15.4. The van der Waals surface area contributed by atoms with Crippen LogP contribution < -0.4 is 34.8 Å². The van der Waals surface area contributed by atoms with Crippen LogP contribution in [0.4, 0.5) is 11.4 Å². The third-order valence-electron chi connectivity index (χ3n) is 11.5. The summed E-state index contributed by atoms with van der Waals surface area (Å²) >= 11 is 0. The fourth-order valence-corrected chi connectivity index (χ4v) is 7.63. The zero-order chi connectivity index (χ0) is 44.7. The molecule has 66 heavy (non-hydrogen) atoms. The van der Waals surface area contributed by atoms with Gasteiger partial charge in [0.15, 0.2) is 0 Å². The molecule has 1 amide bonds. The molecule has 0 spiro atoms. The average Bonchev–Trinajstić information content (AvgIpc) is 3.76. The molecule has 3 N–H and O–H groups in total. The van der Waals surface area contributed by atoms with Gasteiger partial charge in [0, 0.05) is 59.3 Å². The molecule has 0 aromatic heterocycles. The summed E-state index contributed by atoms with van der Waals surface area (Å²) in [5, 5.41) is 12.2. The summed E-state index contributed by atoms with van der Waals surface area (Å²) in [6, 6.07) is 37.8. The molecule has 13 nitrogen and oxygen atoms in total. The number of anilines is 2. The van der Waals surface area contributed by atoms with Crippen LogP contribution in [0.15, 0.2) is 115 Å². The zero-order valence-corrected chi connectivity index (χ0v) is 41.2. The van der Waals surface area contributed by atoms with Crippen molar-refractivity contribution in [3.05, 3.63) is 149 Å². The summed E-state index contributed by atoms with van der Waals surface area (Å²) < 4.78 is 27.1. The maximum absolute atomic E-state index is 11.7. The number of nitrogens with one attached hydrogen (secondary N) is 2. The number of hydroxylamine groups is 1. The quantitative estimate of drug-likeness (QED) is 0.0777. The van der Waals surface area contributed by atoms with E-state index in [-0.39, 0.29) is 58.5 Å². The van der Waals surface area contributed by atoms with Gasteiger partial charge in [-0.1, -0.05) is 75.4 Å². The minimum Gasteiger partial charge on any atom is -0.492 e. The second kappa shape index (κ2) is 27.2. The lowest BCUT2D eigenvalue weighted by molar-refractivity contribution is 0.0591. The number of esters is 2. The fourth-order valence-electron chi connectivity index (χ4n) is 7.63. The minimum absolute atomic E-state index is 0. The van der Waals surface area contributed by atoms with Crippen molar-refractivity contribution >= 4 is 69.7 Å². The molecule has 3 atom stereocenters. The molecule has 16 heteroatoms. The van der Waals surface area contributed by atoms with Gasteiger partial charge in [-0.15, -0.1) is 0 Å². The van der Waals surface area contributed by atoms with Crippen LogP contribution in [-0.4, -0.2) is 75.2 Å². The van der Waals surface area contributed by atoms with Crippen molar-refractivity contribution in [2.75, 3.05) is 43.8 Å². The van der Waals surface area contributed by atoms with Crippen molar-refractivity contribution in [2.24, 2.45) is 0 Å². The number of para-hydroxylation sites is 2. The van der Waals surface area contributed by atoms with Crippen LogP contribution >= 0.6 is 40.5 Å². The molecule has 3 aliphatic heterocycles. The van der Waals surface area contributed by atoms with E-state index in [1.165, 1.54) is 19.9 Å². The second-order valence-corrected chi connectivity index (χ2v) is 15.4. The van der Waals surface area contributed by atoms with Crippen LogP contribution in [0, 0.1) is 0 Å². The van der Waals surface area contributed by atoms with Crippen molar-refractivity contribution in [3.8, 4) is 17.2 Å². The Bertz CT molecular complexity index is 2190. The van der Waals surface area contributed by atoms with E-state index >= 15 is 0 Å². The number of rotatable bonds is 8. The Morgan fingerprint density at radius 2 is 1.00 bits per heavy atom. The number of carbonyl (C=O) groups is 3. The van der Waals surface area contributed by atoms with Gasteiger partial charge < -0.3 is 38.8 Å². The lowest BCUT2D eigenvalue weighted by atomic mass is 10.1. The van der Waals surface area contributed by atoms with E-state index in [1.54, 1.807) is 41.9 Å². The lowest BCUT2D eigenvalue weighted by Crippen LogP contribution is -2.36. The zero-order valence-electron chi connectivity index (χ0n) is 38.2. The molecule has 8 rings (SSSR count). The highest BCUT2D eigenvalue weighted by Gasteiger charge is 2.26. The van der Waals surface area contributed by atoms with E-state index in [0.717, 1.165) is 72.8 Å². The number of carbonyl (C=O) groups excluding carboxylic acids is 3. The Morgan fingerprint density at radius 3 is 1.42 bits per heavy atom. The third kappa shape index (κ3) is 14.0. The Hall–Kier alpha value is -5.52. The largest absolute Gasteiger partial charge is 0.492 e. The van der Waals surface area contributed by atoms with Crippen LogP contribution in [0.2, 0.25) is 0 Å². The normalized spacial score (nSPS) is 16.7. The Balaban J connectivity index is 0.000000260. The minimum atomic E-state index is -0.535. The lowest BCUT2D eigenvalue weighted by Gasteiger charge is -2.30. The van der Waals surface area contributed by atoms with Gasteiger partial charge in [-0.25, -0.2) is 15.1 Å². The van der Waals surface area contributed by atoms with Gasteiger partial charge in [0.2, 0.25) is 0 Å². The van der Waals surface area contributed by atoms with Crippen molar-refractivity contribution in [3.63, 3.8) is 0 Å². The van der Waals surface area contributed by atoms with Gasteiger partial charge >= 0.3 is 11.9 Å². The average molecular weight is 961 g/mol. The number of fused-ring (bicyclic) bond motifs is 3. The first kappa shape index (κ1) is 54.8. The maximum atomic E-state index is 11.7. The molecule has 0 aliphatic carbocycles. The topological polar surface area (TPSA) is 148 Å². The molecular weight excluding hydrogens is 897 g/mol. The monoisotopic (exact) mass is 960 g/mol. The number of hydrogen-bond acceptors (Lipinski definition) is 12. The Kier molecular flexibility index (Phi) is 22.6. The predicted molar refractivity (Wildman–Crippen MR) is 273 cm³/mol. The first-order valence-corrected chi connectivity index (χ1v) is 21.4. The highest BCUT2D eigenvalue weighted by Crippen LogP contribution is 2.32. The van der Waals surface area contributed by atoms with Crippen molar-refractivity contribution in [1.82, 2.24) is 10.8 Å². The van der Waals surface area contributed by atoms with Crippen LogP contribution in [0.25, 0.3) is 0 Å². The van der Waals surface area contributed by atoms with Gasteiger partial charge in [-0.3, -0.25) is 10.0 Å². The van der Waals surface area contributed by atoms with Crippen molar-refractivity contribution in [2.45, 2.75) is 77.8 Å². The molecule has 3 aliphatic rings. The molecule has 1 unspecified atom stereocenters. The molecule has 356 valence electrons. The van der Waals surface area contributed by atoms with E-state index in [0.29, 0.717) is 54.3 Å². The molecular formula is C50H64N4O9S3. The number of nitrogens with zero attached hydrogens (tertiary/aromatic N) is 2. The van der Waals surface area contributed by atoms with Gasteiger partial charge in [0.05, 0.1) is 37.4 Å². The predicted octanol–water partition coefficient (Wildman–Crippen LogP) is 8.71. The molecule has 5 aromatic rings. The number of methoxy groups -OCH3 is 2. The van der Waals surface area contributed by atoms with Crippen LogP contribution in [0.5, 0.6) is 17.2 Å². The summed E-state index contributed by atoms with van der Waals surface area (Å²) in [7, 11) is 2.77. The third-order valence-corrected chi connectivity index (χ3v) is 11.5. The van der Waals surface area contributed by atoms with E-state index in [9.17, 15) is 14.4 Å². The molecule has 0 saturated carbocycles. The number of hydrogen-bond donors (Lipinski definition) is 3. The first-order chi connectivity index (χ1) is 30.7. The smallest absolute Gasteiger partial charge is 0.337 e. The molecule has 0 fully saturated rings. The summed E-state index contributed by atoms with van der Waals surface area (Å²) in [5.74, 6) is 1.03. The van der Waals surface area contributed by atoms with Crippen LogP contribution in [0.3, 0.4) is 0 Å². The Morgan fingerprint density at radius 1 is 0.591 bits per heavy atom. The van der Waals surface area contributed by atoms with E-state index < -0.39 is 5.91 Å². The molecule has 0 radical (unpaired) electrons. The Labute approximate surface area is 409 Å². The summed E-state index contributed by atoms with van der Waals surface area (Å²) in [6.07, 6.45) is 2.98. The summed E-state index contributed by atoms with van der Waals surface area (Å²) in [6.45, 7) is 10.5. The van der Waals surface area contributed by atoms with Gasteiger partial charge in [0.25, 0.3) is 5.91 Å². The van der Waals surface area contributed by atoms with Gasteiger partial charge in [-0.2, -0.15) is 40.5 Å². The van der Waals surface area contributed by atoms with Crippen molar-refractivity contribution in [1.29, 1.82) is 0 Å². The molecule has 5 aromatic carbocycles. The van der Waals surface area contributed by atoms with Crippen LogP contribution in [-0.2, 0) is 29.1 Å². The molecule has 0 bridgehead atoms. The van der Waals surface area contributed by atoms with Gasteiger partial charge in [-0.05, 0) is 79.9 Å². The maximum Gasteiger partial charge on any atom is 0.337 e. The van der Waals surface area contributed by atoms with Gasteiger partial charge in [0.1, 0.15) is 37.1 Å². The number of amides is 1. The van der Waals surface area contributed by atoms with Crippen LogP contribution in [0.1, 0.15) is 87.8 Å². The fraction of sp³-hybridized carbons (Fsp3) is 0.340. The van der Waals surface area contributed by atoms with E-state index in [2.05, 4.69) is 72.3 Å². The number of ether oxygens (including phenoxy) is 5. The van der Waals surface area contributed by atoms with Crippen molar-refractivity contribution < 1.29 is 43.3 Å². The standard InChI is InChI=1S/C19H21NO3.C18H20N2O3.C13H17NO3.3H2S/c1-3-16-13-23-18-11-14(19(21)22-2)9-10-15(18)12-20(16)17-7-5-4-6-8-17;1-2-15-12-23-17-10-13(18(21)19-22)8-9-14(17)11-20(15)16-6-4-3-5-7-16;1-3-11-8-17-12-6-9(13(15)16-2)4-5-10(12)7-14-11;;;/h4-11,16H,3,12-13H2,1-2H3;3-10,15,22H,2,11-12H2,1H3,(H,19,21);4-6,11,14H,3,7-8H2,1-2H3;3*1H2/t;15-;11-;;;/m.00.../s1.